The highest BCUT2D eigenvalue weighted by molar-refractivity contribution is 14.1. The van der Waals surface area contributed by atoms with Gasteiger partial charge in [-0.05, 0) is 83.7 Å². The minimum atomic E-state index is -0.270. The summed E-state index contributed by atoms with van der Waals surface area (Å²) in [6, 6.07) is 12.8. The number of thiazole rings is 1. The van der Waals surface area contributed by atoms with Gasteiger partial charge in [-0.1, -0.05) is 18.3 Å². The predicted octanol–water partition coefficient (Wildman–Crippen LogP) is 4.77. The summed E-state index contributed by atoms with van der Waals surface area (Å²) in [5.74, 6) is -0.312. The van der Waals surface area contributed by atoms with E-state index in [1.54, 1.807) is 12.1 Å². The van der Waals surface area contributed by atoms with E-state index in [0.717, 1.165) is 25.9 Å². The molecule has 0 radical (unpaired) electrons. The van der Waals surface area contributed by atoms with Crippen molar-refractivity contribution in [3.8, 4) is 0 Å². The first-order valence-electron chi connectivity index (χ1n) is 8.53. The van der Waals surface area contributed by atoms with Crippen LogP contribution in [0.1, 0.15) is 30.1 Å². The fraction of sp³-hybridized carbons (Fsp3) is 0.158. The largest absolute Gasteiger partial charge is 0.332 e. The van der Waals surface area contributed by atoms with E-state index in [1.807, 2.05) is 37.3 Å². The van der Waals surface area contributed by atoms with Crippen molar-refractivity contribution < 1.29 is 9.59 Å². The lowest BCUT2D eigenvalue weighted by atomic mass is 10.2. The lowest BCUT2D eigenvalue weighted by molar-refractivity contribution is -0.116. The number of anilines is 2. The van der Waals surface area contributed by atoms with Crippen molar-refractivity contribution in [3.63, 3.8) is 0 Å². The molecule has 3 aromatic rings. The maximum atomic E-state index is 12.2. The van der Waals surface area contributed by atoms with E-state index < -0.39 is 0 Å². The van der Waals surface area contributed by atoms with Crippen molar-refractivity contribution in [1.29, 1.82) is 0 Å². The first-order valence-corrected chi connectivity index (χ1v) is 10.8. The normalized spacial score (nSPS) is 10.5. The molecule has 1 heterocycles. The molecule has 0 fully saturated rings. The molecule has 0 bridgehead atoms. The minimum absolute atomic E-state index is 0.0422. The molecule has 1 aromatic heterocycles. The van der Waals surface area contributed by atoms with Gasteiger partial charge in [0.15, 0.2) is 10.2 Å². The zero-order chi connectivity index (χ0) is 20.1. The van der Waals surface area contributed by atoms with Crippen molar-refractivity contribution in [2.45, 2.75) is 19.8 Å². The van der Waals surface area contributed by atoms with E-state index in [9.17, 15) is 9.59 Å². The Hall–Kier alpha value is -2.11. The molecule has 0 atom stereocenters. The van der Waals surface area contributed by atoms with E-state index in [0.29, 0.717) is 17.1 Å². The average Bonchev–Trinajstić information content (AvgIpc) is 3.03. The van der Waals surface area contributed by atoms with Gasteiger partial charge in [0.1, 0.15) is 0 Å². The van der Waals surface area contributed by atoms with E-state index >= 15 is 0 Å². The second kappa shape index (κ2) is 9.39. The number of rotatable bonds is 5. The topological polar surface area (TPSA) is 83.1 Å². The molecule has 28 heavy (non-hydrogen) atoms. The third-order valence-corrected chi connectivity index (χ3v) is 5.56. The third-order valence-electron chi connectivity index (χ3n) is 3.70. The van der Waals surface area contributed by atoms with Crippen LogP contribution in [0.15, 0.2) is 42.5 Å². The Morgan fingerprint density at radius 2 is 1.89 bits per heavy atom. The zero-order valence-corrected chi connectivity index (χ0v) is 18.7. The molecular weight excluding hydrogens is 507 g/mol. The zero-order valence-electron chi connectivity index (χ0n) is 14.9. The molecule has 3 N–H and O–H groups in total. The molecule has 3 rings (SSSR count). The summed E-state index contributed by atoms with van der Waals surface area (Å²) in [6.45, 7) is 1.95. The Labute approximate surface area is 185 Å². The van der Waals surface area contributed by atoms with Crippen molar-refractivity contribution in [1.82, 2.24) is 10.3 Å². The van der Waals surface area contributed by atoms with Crippen LogP contribution in [0.4, 0.5) is 10.8 Å². The molecule has 2 amide bonds. The van der Waals surface area contributed by atoms with Crippen LogP contribution in [0.25, 0.3) is 10.2 Å². The summed E-state index contributed by atoms with van der Waals surface area (Å²) < 4.78 is 1.96. The third kappa shape index (κ3) is 5.46. The van der Waals surface area contributed by atoms with Gasteiger partial charge in [0.05, 0.1) is 10.2 Å². The van der Waals surface area contributed by atoms with Crippen molar-refractivity contribution in [2.24, 2.45) is 0 Å². The molecule has 0 aliphatic rings. The summed E-state index contributed by atoms with van der Waals surface area (Å²) in [6.07, 6.45) is 1.26. The van der Waals surface area contributed by atoms with Gasteiger partial charge in [-0.15, -0.1) is 0 Å². The number of carbonyl (C=O) groups is 2. The SMILES string of the molecule is CCCC(=O)Nc1nc2ccc(NC(=S)NC(=O)c3ccc(I)cc3)cc2s1. The van der Waals surface area contributed by atoms with Crippen LogP contribution in [-0.4, -0.2) is 21.9 Å². The average molecular weight is 524 g/mol. The van der Waals surface area contributed by atoms with Crippen LogP contribution >= 0.6 is 46.1 Å². The molecule has 0 aliphatic heterocycles. The number of carbonyl (C=O) groups excluding carboxylic acids is 2. The summed E-state index contributed by atoms with van der Waals surface area (Å²) in [4.78, 5) is 28.4. The fourth-order valence-corrected chi connectivity index (χ4v) is 3.90. The number of hydrogen-bond acceptors (Lipinski definition) is 5. The van der Waals surface area contributed by atoms with Gasteiger partial charge in [0.2, 0.25) is 5.91 Å². The lowest BCUT2D eigenvalue weighted by Crippen LogP contribution is -2.34. The first-order chi connectivity index (χ1) is 13.4. The van der Waals surface area contributed by atoms with Gasteiger partial charge in [0.25, 0.3) is 5.91 Å². The molecule has 144 valence electrons. The lowest BCUT2D eigenvalue weighted by Gasteiger charge is -2.09. The monoisotopic (exact) mass is 524 g/mol. The summed E-state index contributed by atoms with van der Waals surface area (Å²) >= 11 is 8.81. The number of fused-ring (bicyclic) bond motifs is 1. The van der Waals surface area contributed by atoms with E-state index in [2.05, 4.69) is 43.5 Å². The van der Waals surface area contributed by atoms with E-state index in [4.69, 9.17) is 12.2 Å². The Morgan fingerprint density at radius 1 is 1.14 bits per heavy atom. The smallest absolute Gasteiger partial charge is 0.257 e. The van der Waals surface area contributed by atoms with Gasteiger partial charge in [0, 0.05) is 21.2 Å². The summed E-state index contributed by atoms with van der Waals surface area (Å²) in [5, 5.41) is 9.26. The number of benzene rings is 2. The number of thiocarbonyl (C=S) groups is 1. The minimum Gasteiger partial charge on any atom is -0.332 e. The van der Waals surface area contributed by atoms with Gasteiger partial charge < -0.3 is 10.6 Å². The van der Waals surface area contributed by atoms with Crippen LogP contribution < -0.4 is 16.0 Å². The highest BCUT2D eigenvalue weighted by atomic mass is 127. The van der Waals surface area contributed by atoms with Crippen molar-refractivity contribution >= 4 is 84.1 Å². The predicted molar refractivity (Wildman–Crippen MR) is 126 cm³/mol. The maximum Gasteiger partial charge on any atom is 0.257 e. The first kappa shape index (κ1) is 20.6. The number of hydrogen-bond donors (Lipinski definition) is 3. The van der Waals surface area contributed by atoms with Gasteiger partial charge in [-0.25, -0.2) is 4.98 Å². The second-order valence-electron chi connectivity index (χ2n) is 5.91. The van der Waals surface area contributed by atoms with Crippen LogP contribution in [0, 0.1) is 3.57 Å². The number of amides is 2. The molecule has 9 heteroatoms. The van der Waals surface area contributed by atoms with Crippen LogP contribution in [0.2, 0.25) is 0 Å². The van der Waals surface area contributed by atoms with E-state index in [-0.39, 0.29) is 16.9 Å². The highest BCUT2D eigenvalue weighted by Gasteiger charge is 2.10. The molecular formula is C19H17IN4O2S2. The Morgan fingerprint density at radius 3 is 2.61 bits per heavy atom. The van der Waals surface area contributed by atoms with Crippen molar-refractivity contribution in [3.05, 3.63) is 51.6 Å². The Bertz CT molecular complexity index is 1030. The van der Waals surface area contributed by atoms with Gasteiger partial charge in [-0.3, -0.25) is 14.9 Å². The van der Waals surface area contributed by atoms with Gasteiger partial charge >= 0.3 is 0 Å². The number of nitrogens with zero attached hydrogens (tertiary/aromatic N) is 1. The van der Waals surface area contributed by atoms with Crippen molar-refractivity contribution in [2.75, 3.05) is 10.6 Å². The van der Waals surface area contributed by atoms with Crippen LogP contribution in [-0.2, 0) is 4.79 Å². The number of nitrogens with one attached hydrogen (secondary N) is 3. The molecule has 0 aliphatic carbocycles. The fourth-order valence-electron chi connectivity index (χ4n) is 2.40. The molecule has 0 saturated carbocycles. The molecule has 0 spiro atoms. The standard InChI is InChI=1S/C19H17IN4O2S2/c1-2-3-16(25)23-19-22-14-9-8-13(10-15(14)28-19)21-18(27)24-17(26)11-4-6-12(20)7-5-11/h4-10H,2-3H2,1H3,(H,22,23,25)(H2,21,24,26,27). The Balaban J connectivity index is 1.64. The maximum absolute atomic E-state index is 12.2. The molecule has 0 unspecified atom stereocenters. The molecule has 6 nitrogen and oxygen atoms in total. The molecule has 0 saturated heterocycles. The summed E-state index contributed by atoms with van der Waals surface area (Å²) in [5.41, 5.74) is 2.06. The van der Waals surface area contributed by atoms with Crippen LogP contribution in [0.3, 0.4) is 0 Å². The quantitative estimate of drug-likeness (QED) is 0.331. The van der Waals surface area contributed by atoms with E-state index in [1.165, 1.54) is 11.3 Å². The summed E-state index contributed by atoms with van der Waals surface area (Å²) in [7, 11) is 0. The van der Waals surface area contributed by atoms with Crippen LogP contribution in [0.5, 0.6) is 0 Å². The highest BCUT2D eigenvalue weighted by Crippen LogP contribution is 2.28. The molecule has 2 aromatic carbocycles. The Kier molecular flexibility index (Phi) is 6.92. The number of halogens is 1. The second-order valence-corrected chi connectivity index (χ2v) is 8.60. The van der Waals surface area contributed by atoms with Gasteiger partial charge in [-0.2, -0.15) is 0 Å². The number of aromatic nitrogens is 1.